The second-order valence-electron chi connectivity index (χ2n) is 9.50. The van der Waals surface area contributed by atoms with E-state index in [0.717, 1.165) is 79.4 Å². The lowest BCUT2D eigenvalue weighted by atomic mass is 9.91. The summed E-state index contributed by atoms with van der Waals surface area (Å²) in [4.78, 5) is 36.0. The number of aromatic amines is 1. The minimum Gasteiger partial charge on any atom is -0.308 e. The summed E-state index contributed by atoms with van der Waals surface area (Å²) in [6.07, 6.45) is 7.60. The molecule has 3 heterocycles. The summed E-state index contributed by atoms with van der Waals surface area (Å²) in [5, 5.41) is 15.4. The first-order valence-corrected chi connectivity index (χ1v) is 13.0. The van der Waals surface area contributed by atoms with Crippen molar-refractivity contribution in [3.63, 3.8) is 0 Å². The van der Waals surface area contributed by atoms with Gasteiger partial charge in [0.1, 0.15) is 16.3 Å². The summed E-state index contributed by atoms with van der Waals surface area (Å²) >= 11 is 1.52. The predicted molar refractivity (Wildman–Crippen MR) is 135 cm³/mol. The SMILES string of the molecule is Cc1ccc(-n2nc(C(=O)C(C#N)c3nc4sc5c(c4c(=O)[nH]3)CCCC5)c3c2CCCC3)cc1. The number of ketones is 1. The van der Waals surface area contributed by atoms with Crippen molar-refractivity contribution in [2.75, 3.05) is 0 Å². The molecule has 0 spiro atoms. The standard InChI is InChI=1S/C27H25N5O2S/c1-15-10-12-16(13-11-15)32-20-8-4-2-6-17(20)23(31-32)24(33)19(14-28)25-29-26(34)22-18-7-3-5-9-21(18)35-27(22)30-25/h10-13,19H,2-9H2,1H3,(H,29,30,34). The first-order valence-electron chi connectivity index (χ1n) is 12.2. The third-order valence-corrected chi connectivity index (χ3v) is 8.39. The number of carbonyl (C=O) groups is 1. The van der Waals surface area contributed by atoms with Gasteiger partial charge in [0, 0.05) is 16.1 Å². The predicted octanol–water partition coefficient (Wildman–Crippen LogP) is 4.73. The molecule has 4 aromatic rings. The van der Waals surface area contributed by atoms with Crippen LogP contribution in [0.3, 0.4) is 0 Å². The van der Waals surface area contributed by atoms with E-state index in [1.807, 2.05) is 35.9 Å². The normalized spacial score (nSPS) is 15.9. The largest absolute Gasteiger partial charge is 0.308 e. The van der Waals surface area contributed by atoms with Crippen LogP contribution in [0.15, 0.2) is 29.1 Å². The molecular weight excluding hydrogens is 458 g/mol. The Balaban J connectivity index is 1.44. The van der Waals surface area contributed by atoms with Gasteiger partial charge in [-0.1, -0.05) is 17.7 Å². The third kappa shape index (κ3) is 3.62. The van der Waals surface area contributed by atoms with Crippen LogP contribution in [0, 0.1) is 18.3 Å². The topological polar surface area (TPSA) is 104 Å². The monoisotopic (exact) mass is 483 g/mol. The second-order valence-corrected chi connectivity index (χ2v) is 10.6. The van der Waals surface area contributed by atoms with Crippen molar-refractivity contribution >= 4 is 27.3 Å². The molecule has 35 heavy (non-hydrogen) atoms. The molecule has 0 radical (unpaired) electrons. The summed E-state index contributed by atoms with van der Waals surface area (Å²) in [6, 6.07) is 10.2. The molecule has 3 aromatic heterocycles. The smallest absolute Gasteiger partial charge is 0.259 e. The number of Topliss-reactive ketones (excluding diaryl/α,β-unsaturated/α-hetero) is 1. The summed E-state index contributed by atoms with van der Waals surface area (Å²) in [5.74, 6) is -1.50. The number of benzene rings is 1. The highest BCUT2D eigenvalue weighted by molar-refractivity contribution is 7.18. The first kappa shape index (κ1) is 21.9. The van der Waals surface area contributed by atoms with Gasteiger partial charge >= 0.3 is 0 Å². The number of H-pyrrole nitrogens is 1. The average Bonchev–Trinajstić information content (AvgIpc) is 3.44. The van der Waals surface area contributed by atoms with Crippen LogP contribution in [-0.4, -0.2) is 25.5 Å². The molecule has 6 rings (SSSR count). The van der Waals surface area contributed by atoms with Crippen LogP contribution in [-0.2, 0) is 25.7 Å². The van der Waals surface area contributed by atoms with Crippen molar-refractivity contribution in [1.29, 1.82) is 5.26 Å². The van der Waals surface area contributed by atoms with E-state index >= 15 is 0 Å². The highest BCUT2D eigenvalue weighted by Crippen LogP contribution is 2.35. The van der Waals surface area contributed by atoms with Crippen LogP contribution in [0.5, 0.6) is 0 Å². The summed E-state index contributed by atoms with van der Waals surface area (Å²) in [6.45, 7) is 2.03. The number of carbonyl (C=O) groups excluding carboxylic acids is 1. The van der Waals surface area contributed by atoms with Gasteiger partial charge in [-0.3, -0.25) is 9.59 Å². The van der Waals surface area contributed by atoms with Crippen LogP contribution < -0.4 is 5.56 Å². The van der Waals surface area contributed by atoms with Gasteiger partial charge in [-0.15, -0.1) is 11.3 Å². The fourth-order valence-electron chi connectivity index (χ4n) is 5.39. The quantitative estimate of drug-likeness (QED) is 0.423. The Kier molecular flexibility index (Phi) is 5.37. The molecule has 8 heteroatoms. The van der Waals surface area contributed by atoms with E-state index in [1.165, 1.54) is 16.2 Å². The highest BCUT2D eigenvalue weighted by atomic mass is 32.1. The highest BCUT2D eigenvalue weighted by Gasteiger charge is 2.33. The van der Waals surface area contributed by atoms with Gasteiger partial charge in [-0.25, -0.2) is 9.67 Å². The molecule has 1 atom stereocenters. The molecule has 7 nitrogen and oxygen atoms in total. The lowest BCUT2D eigenvalue weighted by Gasteiger charge is -2.14. The molecule has 2 aliphatic rings. The van der Waals surface area contributed by atoms with Gasteiger partial charge in [0.05, 0.1) is 17.1 Å². The van der Waals surface area contributed by atoms with Crippen molar-refractivity contribution in [3.05, 3.63) is 73.4 Å². The van der Waals surface area contributed by atoms with Crippen LogP contribution in [0.2, 0.25) is 0 Å². The Bertz CT molecular complexity index is 1570. The number of hydrogen-bond donors (Lipinski definition) is 1. The van der Waals surface area contributed by atoms with Crippen molar-refractivity contribution in [1.82, 2.24) is 19.7 Å². The number of hydrogen-bond acceptors (Lipinski definition) is 6. The van der Waals surface area contributed by atoms with Crippen molar-refractivity contribution < 1.29 is 4.79 Å². The minimum atomic E-state index is -1.21. The van der Waals surface area contributed by atoms with E-state index in [4.69, 9.17) is 5.10 Å². The fraction of sp³-hybridized carbons (Fsp3) is 0.370. The zero-order valence-corrected chi connectivity index (χ0v) is 20.4. The number of nitrogens with one attached hydrogen (secondary N) is 1. The number of rotatable bonds is 4. The van der Waals surface area contributed by atoms with Crippen LogP contribution in [0.1, 0.15) is 75.2 Å². The number of nitriles is 1. The molecule has 0 saturated heterocycles. The number of thiophene rings is 1. The molecule has 0 fully saturated rings. The number of aromatic nitrogens is 4. The Hall–Kier alpha value is -3.57. The molecule has 2 aliphatic carbocycles. The van der Waals surface area contributed by atoms with Gasteiger partial charge < -0.3 is 4.98 Å². The molecular formula is C27H25N5O2S. The van der Waals surface area contributed by atoms with E-state index in [1.54, 1.807) is 0 Å². The van der Waals surface area contributed by atoms with Crippen LogP contribution >= 0.6 is 11.3 Å². The average molecular weight is 484 g/mol. The molecule has 1 aromatic carbocycles. The van der Waals surface area contributed by atoms with Gasteiger partial charge in [0.2, 0.25) is 5.78 Å². The molecule has 0 aliphatic heterocycles. The Labute approximate surface area is 206 Å². The maximum Gasteiger partial charge on any atom is 0.259 e. The third-order valence-electron chi connectivity index (χ3n) is 7.20. The lowest BCUT2D eigenvalue weighted by Crippen LogP contribution is -2.21. The van der Waals surface area contributed by atoms with Crippen LogP contribution in [0.25, 0.3) is 15.9 Å². The molecule has 176 valence electrons. The molecule has 1 N–H and O–H groups in total. The molecule has 1 unspecified atom stereocenters. The van der Waals surface area contributed by atoms with Crippen molar-refractivity contribution in [2.24, 2.45) is 0 Å². The van der Waals surface area contributed by atoms with Gasteiger partial charge in [0.15, 0.2) is 5.92 Å². The number of aryl methyl sites for hydroxylation is 3. The number of nitrogens with zero attached hydrogens (tertiary/aromatic N) is 4. The number of fused-ring (bicyclic) bond motifs is 4. The van der Waals surface area contributed by atoms with Gasteiger partial charge in [0.25, 0.3) is 5.56 Å². The van der Waals surface area contributed by atoms with E-state index in [9.17, 15) is 14.9 Å². The zero-order chi connectivity index (χ0) is 24.1. The zero-order valence-electron chi connectivity index (χ0n) is 19.6. The van der Waals surface area contributed by atoms with E-state index in [-0.39, 0.29) is 11.4 Å². The van der Waals surface area contributed by atoms with Gasteiger partial charge in [-0.2, -0.15) is 10.4 Å². The second kappa shape index (κ2) is 8.58. The maximum absolute atomic E-state index is 13.7. The van der Waals surface area contributed by atoms with Crippen molar-refractivity contribution in [3.8, 4) is 11.8 Å². The van der Waals surface area contributed by atoms with E-state index in [0.29, 0.717) is 15.9 Å². The molecule has 0 bridgehead atoms. The van der Waals surface area contributed by atoms with Gasteiger partial charge in [-0.05, 0) is 76.0 Å². The fourth-order valence-corrected chi connectivity index (χ4v) is 6.66. The minimum absolute atomic E-state index is 0.114. The van der Waals surface area contributed by atoms with E-state index in [2.05, 4.69) is 16.0 Å². The van der Waals surface area contributed by atoms with E-state index < -0.39 is 11.7 Å². The summed E-state index contributed by atoms with van der Waals surface area (Å²) < 4.78 is 1.85. The lowest BCUT2D eigenvalue weighted by molar-refractivity contribution is 0.0970. The van der Waals surface area contributed by atoms with Crippen LogP contribution in [0.4, 0.5) is 0 Å². The Morgan fingerprint density at radius 3 is 2.57 bits per heavy atom. The Morgan fingerprint density at radius 2 is 1.80 bits per heavy atom. The van der Waals surface area contributed by atoms with Crippen molar-refractivity contribution in [2.45, 2.75) is 64.2 Å². The summed E-state index contributed by atoms with van der Waals surface area (Å²) in [7, 11) is 0. The summed E-state index contributed by atoms with van der Waals surface area (Å²) in [5.41, 5.74) is 5.14. The Morgan fingerprint density at radius 1 is 1.09 bits per heavy atom. The first-order chi connectivity index (χ1) is 17.0. The molecule has 0 amide bonds. The maximum atomic E-state index is 13.7. The molecule has 0 saturated carbocycles.